The van der Waals surface area contributed by atoms with Crippen LogP contribution in [-0.4, -0.2) is 18.3 Å². The minimum Gasteiger partial charge on any atom is -0.356 e. The molecule has 0 aliphatic heterocycles. The van der Waals surface area contributed by atoms with Gasteiger partial charge in [-0.15, -0.1) is 11.6 Å². The van der Waals surface area contributed by atoms with Gasteiger partial charge in [-0.25, -0.2) is 0 Å². The fourth-order valence-electron chi connectivity index (χ4n) is 1.29. The third-order valence-corrected chi connectivity index (χ3v) is 2.50. The number of amides is 1. The van der Waals surface area contributed by atoms with Crippen molar-refractivity contribution in [2.24, 2.45) is 5.41 Å². The summed E-state index contributed by atoms with van der Waals surface area (Å²) in [6.07, 6.45) is 3.61. The molecule has 0 aromatic heterocycles. The highest BCUT2D eigenvalue weighted by Gasteiger charge is 2.17. The molecule has 0 bridgehead atoms. The summed E-state index contributed by atoms with van der Waals surface area (Å²) in [5.74, 6) is 0.859. The predicted octanol–water partition coefficient (Wildman–Crippen LogP) is 2.95. The number of carbonyl (C=O) groups excluding carboxylic acids is 1. The first-order chi connectivity index (χ1) is 6.52. The van der Waals surface area contributed by atoms with Crippen LogP contribution in [0, 0.1) is 5.41 Å². The molecule has 0 heterocycles. The monoisotopic (exact) mass is 219 g/mol. The van der Waals surface area contributed by atoms with Crippen molar-refractivity contribution < 1.29 is 4.79 Å². The molecule has 0 unspecified atom stereocenters. The number of hydrogen-bond acceptors (Lipinski definition) is 1. The van der Waals surface area contributed by atoms with E-state index >= 15 is 0 Å². The summed E-state index contributed by atoms with van der Waals surface area (Å²) in [6, 6.07) is 0. The van der Waals surface area contributed by atoms with Crippen molar-refractivity contribution in [3.8, 4) is 0 Å². The molecule has 3 heteroatoms. The first-order valence-electron chi connectivity index (χ1n) is 5.34. The van der Waals surface area contributed by atoms with Gasteiger partial charge in [0.25, 0.3) is 0 Å². The molecule has 1 N–H and O–H groups in total. The Kier molecular flexibility index (Phi) is 6.98. The lowest BCUT2D eigenvalue weighted by atomic mass is 9.88. The molecule has 0 saturated heterocycles. The van der Waals surface area contributed by atoms with Crippen molar-refractivity contribution in [3.63, 3.8) is 0 Å². The summed E-state index contributed by atoms with van der Waals surface area (Å²) in [4.78, 5) is 11.2. The molecule has 2 nitrogen and oxygen atoms in total. The van der Waals surface area contributed by atoms with Crippen molar-refractivity contribution >= 4 is 17.5 Å². The van der Waals surface area contributed by atoms with Gasteiger partial charge in [0.1, 0.15) is 0 Å². The summed E-state index contributed by atoms with van der Waals surface area (Å²) < 4.78 is 0. The quantitative estimate of drug-likeness (QED) is 0.656. The van der Waals surface area contributed by atoms with Gasteiger partial charge in [0.05, 0.1) is 0 Å². The zero-order valence-corrected chi connectivity index (χ0v) is 10.3. The second-order valence-corrected chi connectivity index (χ2v) is 4.86. The van der Waals surface area contributed by atoms with Crippen LogP contribution >= 0.6 is 11.6 Å². The van der Waals surface area contributed by atoms with E-state index in [0.717, 1.165) is 25.8 Å². The molecule has 0 aliphatic rings. The van der Waals surface area contributed by atoms with Crippen LogP contribution in [0.3, 0.4) is 0 Å². The van der Waals surface area contributed by atoms with Crippen LogP contribution in [0.2, 0.25) is 0 Å². The maximum absolute atomic E-state index is 11.2. The fourth-order valence-corrected chi connectivity index (χ4v) is 1.42. The number of alkyl halides is 1. The first kappa shape index (κ1) is 13.8. The minimum atomic E-state index is 0.159. The zero-order chi connectivity index (χ0) is 11.0. The average Bonchev–Trinajstić information content (AvgIpc) is 2.13. The lowest BCUT2D eigenvalue weighted by molar-refractivity contribution is -0.121. The summed E-state index contributed by atoms with van der Waals surface area (Å²) in [6.45, 7) is 7.08. The molecule has 0 atom stereocenters. The molecular weight excluding hydrogens is 198 g/mol. The Morgan fingerprint density at radius 2 is 2.07 bits per heavy atom. The number of rotatable bonds is 7. The smallest absolute Gasteiger partial charge is 0.220 e. The summed E-state index contributed by atoms with van der Waals surface area (Å²) in [7, 11) is 0. The molecule has 0 aromatic carbocycles. The standard InChI is InChI=1S/C11H22ClNO/c1-4-6-10(14)13-9-11(2,3)7-5-8-12/h4-9H2,1-3H3,(H,13,14). The Labute approximate surface area is 92.4 Å². The van der Waals surface area contributed by atoms with E-state index < -0.39 is 0 Å². The molecule has 0 saturated carbocycles. The van der Waals surface area contributed by atoms with E-state index in [1.165, 1.54) is 0 Å². The van der Waals surface area contributed by atoms with Gasteiger partial charge in [0.15, 0.2) is 0 Å². The van der Waals surface area contributed by atoms with E-state index in [1.54, 1.807) is 0 Å². The van der Waals surface area contributed by atoms with Gasteiger partial charge in [-0.2, -0.15) is 0 Å². The SMILES string of the molecule is CCCC(=O)NCC(C)(C)CCCCl. The second kappa shape index (κ2) is 7.10. The summed E-state index contributed by atoms with van der Waals surface area (Å²) in [5.41, 5.74) is 0.165. The topological polar surface area (TPSA) is 29.1 Å². The van der Waals surface area contributed by atoms with Gasteiger partial charge in [0.2, 0.25) is 5.91 Å². The molecule has 0 rings (SSSR count). The molecule has 0 aromatic rings. The van der Waals surface area contributed by atoms with Gasteiger partial charge in [-0.3, -0.25) is 4.79 Å². The Balaban J connectivity index is 3.68. The fraction of sp³-hybridized carbons (Fsp3) is 0.909. The third-order valence-electron chi connectivity index (χ3n) is 2.23. The highest BCUT2D eigenvalue weighted by Crippen LogP contribution is 2.21. The summed E-state index contributed by atoms with van der Waals surface area (Å²) >= 11 is 5.63. The van der Waals surface area contributed by atoms with Crippen LogP contribution in [0.25, 0.3) is 0 Å². The van der Waals surface area contributed by atoms with Crippen molar-refractivity contribution in [1.29, 1.82) is 0 Å². The molecule has 0 aliphatic carbocycles. The van der Waals surface area contributed by atoms with E-state index in [-0.39, 0.29) is 11.3 Å². The van der Waals surface area contributed by atoms with E-state index in [2.05, 4.69) is 19.2 Å². The highest BCUT2D eigenvalue weighted by molar-refractivity contribution is 6.17. The molecule has 0 radical (unpaired) electrons. The van der Waals surface area contributed by atoms with Crippen molar-refractivity contribution in [2.75, 3.05) is 12.4 Å². The van der Waals surface area contributed by atoms with Gasteiger partial charge in [-0.1, -0.05) is 20.8 Å². The third kappa shape index (κ3) is 7.19. The van der Waals surface area contributed by atoms with Gasteiger partial charge < -0.3 is 5.32 Å². The number of halogens is 1. The van der Waals surface area contributed by atoms with Crippen LogP contribution in [0.5, 0.6) is 0 Å². The molecular formula is C11H22ClNO. The van der Waals surface area contributed by atoms with Crippen LogP contribution in [-0.2, 0) is 4.79 Å². The average molecular weight is 220 g/mol. The molecule has 0 spiro atoms. The van der Waals surface area contributed by atoms with Crippen LogP contribution in [0.15, 0.2) is 0 Å². The normalized spacial score (nSPS) is 11.4. The van der Waals surface area contributed by atoms with Gasteiger partial charge in [0, 0.05) is 18.8 Å². The maximum atomic E-state index is 11.2. The van der Waals surface area contributed by atoms with Gasteiger partial charge >= 0.3 is 0 Å². The second-order valence-electron chi connectivity index (χ2n) is 4.48. The van der Waals surface area contributed by atoms with Crippen LogP contribution in [0.1, 0.15) is 46.5 Å². The zero-order valence-electron chi connectivity index (χ0n) is 9.53. The van der Waals surface area contributed by atoms with E-state index in [9.17, 15) is 4.79 Å². The Bertz CT molecular complexity index is 169. The van der Waals surface area contributed by atoms with Crippen molar-refractivity contribution in [2.45, 2.75) is 46.5 Å². The number of nitrogens with one attached hydrogen (secondary N) is 1. The largest absolute Gasteiger partial charge is 0.356 e. The lowest BCUT2D eigenvalue weighted by Crippen LogP contribution is -2.33. The predicted molar refractivity (Wildman–Crippen MR) is 61.7 cm³/mol. The molecule has 84 valence electrons. The Morgan fingerprint density at radius 1 is 1.43 bits per heavy atom. The van der Waals surface area contributed by atoms with Gasteiger partial charge in [-0.05, 0) is 24.7 Å². The Morgan fingerprint density at radius 3 is 2.57 bits per heavy atom. The maximum Gasteiger partial charge on any atom is 0.220 e. The highest BCUT2D eigenvalue weighted by atomic mass is 35.5. The molecule has 1 amide bonds. The van der Waals surface area contributed by atoms with Crippen LogP contribution < -0.4 is 5.32 Å². The van der Waals surface area contributed by atoms with E-state index in [0.29, 0.717) is 12.3 Å². The molecule has 0 fully saturated rings. The van der Waals surface area contributed by atoms with E-state index in [4.69, 9.17) is 11.6 Å². The van der Waals surface area contributed by atoms with E-state index in [1.807, 2.05) is 6.92 Å². The minimum absolute atomic E-state index is 0.159. The van der Waals surface area contributed by atoms with Crippen molar-refractivity contribution in [3.05, 3.63) is 0 Å². The van der Waals surface area contributed by atoms with Crippen LogP contribution in [0.4, 0.5) is 0 Å². The number of hydrogen-bond donors (Lipinski definition) is 1. The Hall–Kier alpha value is -0.240. The summed E-state index contributed by atoms with van der Waals surface area (Å²) in [5, 5.41) is 2.95. The lowest BCUT2D eigenvalue weighted by Gasteiger charge is -2.24. The number of carbonyl (C=O) groups is 1. The first-order valence-corrected chi connectivity index (χ1v) is 5.88. The molecule has 14 heavy (non-hydrogen) atoms. The van der Waals surface area contributed by atoms with Crippen molar-refractivity contribution in [1.82, 2.24) is 5.32 Å².